The first-order valence-electron chi connectivity index (χ1n) is 7.45. The fourth-order valence-electron chi connectivity index (χ4n) is 3.19. The molecule has 0 spiro atoms. The lowest BCUT2D eigenvalue weighted by Crippen LogP contribution is -2.56. The Hall–Kier alpha value is -1.62. The number of amides is 1. The Labute approximate surface area is 120 Å². The van der Waals surface area contributed by atoms with Gasteiger partial charge in [0.05, 0.1) is 5.56 Å². The second kappa shape index (κ2) is 5.79. The van der Waals surface area contributed by atoms with Crippen LogP contribution < -0.4 is 5.32 Å². The minimum atomic E-state index is 0.116. The Bertz CT molecular complexity index is 473. The summed E-state index contributed by atoms with van der Waals surface area (Å²) >= 11 is 0. The molecule has 0 saturated carbocycles. The molecule has 1 aromatic heterocycles. The Morgan fingerprint density at radius 3 is 2.95 bits per heavy atom. The molecule has 3 heterocycles. The quantitative estimate of drug-likeness (QED) is 0.886. The van der Waals surface area contributed by atoms with Crippen LogP contribution in [0.25, 0.3) is 0 Å². The van der Waals surface area contributed by atoms with E-state index in [1.807, 2.05) is 24.1 Å². The van der Waals surface area contributed by atoms with Gasteiger partial charge in [-0.2, -0.15) is 0 Å². The van der Waals surface area contributed by atoms with Gasteiger partial charge in [-0.1, -0.05) is 6.42 Å². The molecule has 1 N–H and O–H groups in total. The average molecular weight is 274 g/mol. The zero-order valence-corrected chi connectivity index (χ0v) is 12.0. The van der Waals surface area contributed by atoms with Gasteiger partial charge in [0.2, 0.25) is 0 Å². The van der Waals surface area contributed by atoms with Crippen LogP contribution in [0.15, 0.2) is 18.3 Å². The monoisotopic (exact) mass is 274 g/mol. The van der Waals surface area contributed by atoms with Crippen LogP contribution in [0.4, 0.5) is 5.82 Å². The number of fused-ring (bicyclic) bond motifs is 1. The first-order chi connectivity index (χ1) is 9.78. The lowest BCUT2D eigenvalue weighted by molar-refractivity contribution is 0.0372. The van der Waals surface area contributed by atoms with Crippen LogP contribution in [0.2, 0.25) is 0 Å². The normalized spacial score (nSPS) is 23.2. The summed E-state index contributed by atoms with van der Waals surface area (Å²) in [5.41, 5.74) is 0.688. The summed E-state index contributed by atoms with van der Waals surface area (Å²) in [6.07, 6.45) is 5.49. The van der Waals surface area contributed by atoms with E-state index in [2.05, 4.69) is 15.2 Å². The molecule has 1 atom stereocenters. The van der Waals surface area contributed by atoms with Crippen LogP contribution in [0.1, 0.15) is 29.6 Å². The van der Waals surface area contributed by atoms with Crippen molar-refractivity contribution in [1.82, 2.24) is 14.8 Å². The smallest absolute Gasteiger partial charge is 0.255 e. The second-order valence-electron chi connectivity index (χ2n) is 5.62. The van der Waals surface area contributed by atoms with Crippen molar-refractivity contribution in [3.8, 4) is 0 Å². The van der Waals surface area contributed by atoms with Gasteiger partial charge in [0, 0.05) is 38.9 Å². The van der Waals surface area contributed by atoms with Gasteiger partial charge >= 0.3 is 0 Å². The first kappa shape index (κ1) is 13.4. The molecule has 3 rings (SSSR count). The van der Waals surface area contributed by atoms with E-state index in [9.17, 15) is 4.79 Å². The number of piperazine rings is 1. The minimum Gasteiger partial charge on any atom is -0.373 e. The van der Waals surface area contributed by atoms with Crippen molar-refractivity contribution < 1.29 is 4.79 Å². The molecule has 20 heavy (non-hydrogen) atoms. The number of piperidine rings is 1. The third kappa shape index (κ3) is 2.63. The summed E-state index contributed by atoms with van der Waals surface area (Å²) in [5.74, 6) is 0.907. The SMILES string of the molecule is CNc1ccc(C(=O)N2CCN3CCCCC3C2)cn1. The molecule has 1 aromatic rings. The number of nitrogens with zero attached hydrogens (tertiary/aromatic N) is 3. The number of aromatic nitrogens is 1. The summed E-state index contributed by atoms with van der Waals surface area (Å²) < 4.78 is 0. The fraction of sp³-hybridized carbons (Fsp3) is 0.600. The molecule has 2 aliphatic heterocycles. The molecule has 0 aromatic carbocycles. The van der Waals surface area contributed by atoms with E-state index in [4.69, 9.17) is 0 Å². The predicted octanol–water partition coefficient (Wildman–Crippen LogP) is 1.43. The summed E-state index contributed by atoms with van der Waals surface area (Å²) in [4.78, 5) is 21.3. The average Bonchev–Trinajstić information content (AvgIpc) is 2.54. The maximum Gasteiger partial charge on any atom is 0.255 e. The predicted molar refractivity (Wildman–Crippen MR) is 78.9 cm³/mol. The summed E-state index contributed by atoms with van der Waals surface area (Å²) in [6.45, 7) is 3.92. The van der Waals surface area contributed by atoms with E-state index in [1.54, 1.807) is 6.20 Å². The van der Waals surface area contributed by atoms with Crippen LogP contribution in [0.3, 0.4) is 0 Å². The van der Waals surface area contributed by atoms with Crippen LogP contribution in [-0.4, -0.2) is 60.0 Å². The van der Waals surface area contributed by atoms with Crippen LogP contribution in [0.5, 0.6) is 0 Å². The number of pyridine rings is 1. The molecule has 2 saturated heterocycles. The van der Waals surface area contributed by atoms with Crippen molar-refractivity contribution in [2.24, 2.45) is 0 Å². The summed E-state index contributed by atoms with van der Waals surface area (Å²) in [7, 11) is 1.83. The highest BCUT2D eigenvalue weighted by molar-refractivity contribution is 5.94. The van der Waals surface area contributed by atoms with Crippen molar-refractivity contribution in [3.63, 3.8) is 0 Å². The molecule has 108 valence electrons. The van der Waals surface area contributed by atoms with Gasteiger partial charge in [0.25, 0.3) is 5.91 Å². The number of hydrogen-bond acceptors (Lipinski definition) is 4. The summed E-state index contributed by atoms with van der Waals surface area (Å²) in [5, 5.41) is 2.97. The summed E-state index contributed by atoms with van der Waals surface area (Å²) in [6, 6.07) is 4.27. The van der Waals surface area contributed by atoms with E-state index >= 15 is 0 Å². The molecule has 0 aliphatic carbocycles. The number of carbonyl (C=O) groups excluding carboxylic acids is 1. The number of hydrogen-bond donors (Lipinski definition) is 1. The largest absolute Gasteiger partial charge is 0.373 e. The molecule has 0 radical (unpaired) electrons. The number of rotatable bonds is 2. The van der Waals surface area contributed by atoms with Gasteiger partial charge in [-0.25, -0.2) is 4.98 Å². The van der Waals surface area contributed by atoms with Crippen molar-refractivity contribution in [1.29, 1.82) is 0 Å². The molecule has 5 nitrogen and oxygen atoms in total. The van der Waals surface area contributed by atoms with Crippen molar-refractivity contribution in [2.75, 3.05) is 38.5 Å². The molecule has 5 heteroatoms. The fourth-order valence-corrected chi connectivity index (χ4v) is 3.19. The molecular weight excluding hydrogens is 252 g/mol. The minimum absolute atomic E-state index is 0.116. The third-order valence-corrected chi connectivity index (χ3v) is 4.39. The Kier molecular flexibility index (Phi) is 3.87. The molecule has 1 unspecified atom stereocenters. The van der Waals surface area contributed by atoms with Crippen LogP contribution in [-0.2, 0) is 0 Å². The van der Waals surface area contributed by atoms with Crippen molar-refractivity contribution in [3.05, 3.63) is 23.9 Å². The van der Waals surface area contributed by atoms with Gasteiger partial charge in [0.1, 0.15) is 5.82 Å². The standard InChI is InChI=1S/C15H22N4O/c1-16-14-6-5-12(10-17-14)15(20)19-9-8-18-7-3-2-4-13(18)11-19/h5-6,10,13H,2-4,7-9,11H2,1H3,(H,16,17). The van der Waals surface area contributed by atoms with Crippen LogP contribution in [0, 0.1) is 0 Å². The van der Waals surface area contributed by atoms with Crippen molar-refractivity contribution >= 4 is 11.7 Å². The first-order valence-corrected chi connectivity index (χ1v) is 7.45. The van der Waals surface area contributed by atoms with E-state index in [0.717, 1.165) is 25.5 Å². The Morgan fingerprint density at radius 2 is 2.20 bits per heavy atom. The van der Waals surface area contributed by atoms with E-state index in [-0.39, 0.29) is 5.91 Å². The number of carbonyl (C=O) groups is 1. The number of anilines is 1. The van der Waals surface area contributed by atoms with E-state index < -0.39 is 0 Å². The Morgan fingerprint density at radius 1 is 1.30 bits per heavy atom. The van der Waals surface area contributed by atoms with Gasteiger partial charge in [0.15, 0.2) is 0 Å². The lowest BCUT2D eigenvalue weighted by Gasteiger charge is -2.44. The third-order valence-electron chi connectivity index (χ3n) is 4.39. The topological polar surface area (TPSA) is 48.5 Å². The highest BCUT2D eigenvalue weighted by atomic mass is 16.2. The van der Waals surface area contributed by atoms with Crippen LogP contribution >= 0.6 is 0 Å². The second-order valence-corrected chi connectivity index (χ2v) is 5.62. The van der Waals surface area contributed by atoms with E-state index in [1.165, 1.54) is 25.8 Å². The highest BCUT2D eigenvalue weighted by Crippen LogP contribution is 2.22. The molecule has 2 aliphatic rings. The van der Waals surface area contributed by atoms with Gasteiger partial charge in [-0.05, 0) is 31.5 Å². The molecule has 1 amide bonds. The Balaban J connectivity index is 1.67. The molecular formula is C15H22N4O. The highest BCUT2D eigenvalue weighted by Gasteiger charge is 2.31. The van der Waals surface area contributed by atoms with E-state index in [0.29, 0.717) is 11.6 Å². The zero-order chi connectivity index (χ0) is 13.9. The van der Waals surface area contributed by atoms with Crippen molar-refractivity contribution in [2.45, 2.75) is 25.3 Å². The van der Waals surface area contributed by atoms with Gasteiger partial charge < -0.3 is 10.2 Å². The molecule has 0 bridgehead atoms. The molecule has 2 fully saturated rings. The maximum absolute atomic E-state index is 12.5. The lowest BCUT2D eigenvalue weighted by atomic mass is 9.99. The maximum atomic E-state index is 12.5. The number of nitrogens with one attached hydrogen (secondary N) is 1. The zero-order valence-electron chi connectivity index (χ0n) is 12.0. The van der Waals surface area contributed by atoms with Gasteiger partial charge in [-0.3, -0.25) is 9.69 Å². The van der Waals surface area contributed by atoms with Gasteiger partial charge in [-0.15, -0.1) is 0 Å².